The third-order valence-electron chi connectivity index (χ3n) is 1.47. The molecule has 0 spiro atoms. The summed E-state index contributed by atoms with van der Waals surface area (Å²) in [6, 6.07) is 0. The SMILES string of the molecule is COC(C(F)CF)C(F)(F)C(F)(F)F. The van der Waals surface area contributed by atoms with Crippen LogP contribution >= 0.6 is 0 Å². The van der Waals surface area contributed by atoms with Gasteiger partial charge >= 0.3 is 12.1 Å². The van der Waals surface area contributed by atoms with Gasteiger partial charge in [0.1, 0.15) is 6.67 Å². The predicted molar refractivity (Wildman–Crippen MR) is 32.7 cm³/mol. The molecule has 0 aromatic carbocycles. The lowest BCUT2D eigenvalue weighted by molar-refractivity contribution is -0.323. The van der Waals surface area contributed by atoms with Gasteiger partial charge in [0.2, 0.25) is 0 Å². The Hall–Kier alpha value is -0.530. The van der Waals surface area contributed by atoms with Gasteiger partial charge in [0.25, 0.3) is 0 Å². The van der Waals surface area contributed by atoms with E-state index < -0.39 is 31.0 Å². The molecule has 0 N–H and O–H groups in total. The zero-order chi connectivity index (χ0) is 11.6. The van der Waals surface area contributed by atoms with Gasteiger partial charge in [-0.25, -0.2) is 8.78 Å². The first kappa shape index (κ1) is 13.5. The minimum absolute atomic E-state index is 0.451. The molecule has 1 nitrogen and oxygen atoms in total. The summed E-state index contributed by atoms with van der Waals surface area (Å²) >= 11 is 0. The van der Waals surface area contributed by atoms with Crippen LogP contribution in [0.3, 0.4) is 0 Å². The zero-order valence-electron chi connectivity index (χ0n) is 6.92. The van der Waals surface area contributed by atoms with Crippen molar-refractivity contribution in [1.82, 2.24) is 0 Å². The van der Waals surface area contributed by atoms with Gasteiger partial charge < -0.3 is 4.74 Å². The topological polar surface area (TPSA) is 9.23 Å². The van der Waals surface area contributed by atoms with Crippen molar-refractivity contribution in [3.05, 3.63) is 0 Å². The Kier molecular flexibility index (Phi) is 4.16. The molecule has 0 aliphatic heterocycles. The molecule has 0 bridgehead atoms. The van der Waals surface area contributed by atoms with Crippen molar-refractivity contribution < 1.29 is 35.5 Å². The molecule has 0 heterocycles. The second-order valence-corrected chi connectivity index (χ2v) is 2.45. The Labute approximate surface area is 74.8 Å². The van der Waals surface area contributed by atoms with Crippen LogP contribution in [0.2, 0.25) is 0 Å². The average Bonchev–Trinajstić information content (AvgIpc) is 2.02. The molecule has 2 unspecified atom stereocenters. The number of hydrogen-bond acceptors (Lipinski definition) is 1. The average molecular weight is 228 g/mol. The van der Waals surface area contributed by atoms with E-state index >= 15 is 0 Å². The van der Waals surface area contributed by atoms with Gasteiger partial charge in [-0.1, -0.05) is 0 Å². The second kappa shape index (κ2) is 4.33. The standard InChI is InChI=1S/C6H7F7O/c1-14-4(3(8)2-7)5(9,10)6(11,12)13/h3-4H,2H2,1H3. The van der Waals surface area contributed by atoms with Crippen LogP contribution in [0.25, 0.3) is 0 Å². The zero-order valence-corrected chi connectivity index (χ0v) is 6.92. The van der Waals surface area contributed by atoms with Crippen LogP contribution in [0.1, 0.15) is 0 Å². The number of methoxy groups -OCH3 is 1. The van der Waals surface area contributed by atoms with Crippen LogP contribution in [0.4, 0.5) is 30.7 Å². The molecule has 8 heteroatoms. The molecule has 0 rings (SSSR count). The summed E-state index contributed by atoms with van der Waals surface area (Å²) in [5.41, 5.74) is 0. The van der Waals surface area contributed by atoms with Crippen molar-refractivity contribution in [1.29, 1.82) is 0 Å². The summed E-state index contributed by atoms with van der Waals surface area (Å²) in [5, 5.41) is 0. The molecule has 14 heavy (non-hydrogen) atoms. The third-order valence-corrected chi connectivity index (χ3v) is 1.47. The normalized spacial score (nSPS) is 18.0. The van der Waals surface area contributed by atoms with E-state index in [0.717, 1.165) is 0 Å². The molecule has 0 saturated heterocycles. The molecule has 86 valence electrons. The van der Waals surface area contributed by atoms with Gasteiger partial charge in [-0.3, -0.25) is 0 Å². The van der Waals surface area contributed by atoms with Gasteiger partial charge in [-0.15, -0.1) is 0 Å². The van der Waals surface area contributed by atoms with E-state index in [0.29, 0.717) is 7.11 Å². The van der Waals surface area contributed by atoms with Crippen LogP contribution in [-0.2, 0) is 4.74 Å². The highest BCUT2D eigenvalue weighted by atomic mass is 19.4. The lowest BCUT2D eigenvalue weighted by Crippen LogP contribution is -2.52. The van der Waals surface area contributed by atoms with E-state index in [1.807, 2.05) is 0 Å². The first-order valence-corrected chi connectivity index (χ1v) is 3.35. The number of ether oxygens (including phenoxy) is 1. The molecule has 0 aliphatic rings. The molecule has 0 amide bonds. The van der Waals surface area contributed by atoms with Gasteiger partial charge in [0.05, 0.1) is 0 Å². The summed E-state index contributed by atoms with van der Waals surface area (Å²) < 4.78 is 87.2. The molecule has 0 fully saturated rings. The van der Waals surface area contributed by atoms with E-state index in [2.05, 4.69) is 4.74 Å². The number of rotatable bonds is 4. The Bertz CT molecular complexity index is 178. The summed E-state index contributed by atoms with van der Waals surface area (Å²) in [7, 11) is 0.451. The fourth-order valence-electron chi connectivity index (χ4n) is 0.765. The smallest absolute Gasteiger partial charge is 0.372 e. The van der Waals surface area contributed by atoms with Crippen molar-refractivity contribution in [2.45, 2.75) is 24.4 Å². The fourth-order valence-corrected chi connectivity index (χ4v) is 0.765. The highest BCUT2D eigenvalue weighted by molar-refractivity contribution is 4.89. The molecular weight excluding hydrogens is 221 g/mol. The fraction of sp³-hybridized carbons (Fsp3) is 1.00. The third kappa shape index (κ3) is 2.49. The van der Waals surface area contributed by atoms with Crippen LogP contribution in [0.5, 0.6) is 0 Å². The van der Waals surface area contributed by atoms with E-state index in [1.54, 1.807) is 0 Å². The Balaban J connectivity index is 4.83. The largest absolute Gasteiger partial charge is 0.456 e. The van der Waals surface area contributed by atoms with E-state index in [-0.39, 0.29) is 0 Å². The number of hydrogen-bond donors (Lipinski definition) is 0. The summed E-state index contributed by atoms with van der Waals surface area (Å²) in [6.07, 6.45) is -12.1. The summed E-state index contributed by atoms with van der Waals surface area (Å²) in [6.45, 7) is -1.97. The Morgan fingerprint density at radius 3 is 1.79 bits per heavy atom. The lowest BCUT2D eigenvalue weighted by atomic mass is 10.1. The molecule has 0 aromatic rings. The van der Waals surface area contributed by atoms with Gasteiger partial charge in [-0.05, 0) is 0 Å². The predicted octanol–water partition coefficient (Wildman–Crippen LogP) is 2.51. The van der Waals surface area contributed by atoms with Gasteiger partial charge in [0, 0.05) is 7.11 Å². The molecule has 0 saturated carbocycles. The van der Waals surface area contributed by atoms with Gasteiger partial charge in [0.15, 0.2) is 12.3 Å². The van der Waals surface area contributed by atoms with Crippen molar-refractivity contribution in [2.75, 3.05) is 13.8 Å². The van der Waals surface area contributed by atoms with Crippen molar-refractivity contribution in [3.63, 3.8) is 0 Å². The number of halogens is 7. The maximum absolute atomic E-state index is 12.4. The summed E-state index contributed by atoms with van der Waals surface area (Å²) in [4.78, 5) is 0. The first-order chi connectivity index (χ1) is 6.18. The van der Waals surface area contributed by atoms with Crippen LogP contribution in [-0.4, -0.2) is 38.2 Å². The molecular formula is C6H7F7O. The lowest BCUT2D eigenvalue weighted by Gasteiger charge is -2.28. The van der Waals surface area contributed by atoms with E-state index in [4.69, 9.17) is 0 Å². The molecule has 0 radical (unpaired) electrons. The van der Waals surface area contributed by atoms with E-state index in [1.165, 1.54) is 0 Å². The van der Waals surface area contributed by atoms with Gasteiger partial charge in [-0.2, -0.15) is 22.0 Å². The highest BCUT2D eigenvalue weighted by Crippen LogP contribution is 2.40. The quantitative estimate of drug-likeness (QED) is 0.672. The molecule has 0 aliphatic carbocycles. The maximum atomic E-state index is 12.4. The molecule has 0 aromatic heterocycles. The Morgan fingerprint density at radius 1 is 1.14 bits per heavy atom. The van der Waals surface area contributed by atoms with Crippen LogP contribution < -0.4 is 0 Å². The second-order valence-electron chi connectivity index (χ2n) is 2.45. The Morgan fingerprint density at radius 2 is 1.57 bits per heavy atom. The van der Waals surface area contributed by atoms with Crippen molar-refractivity contribution in [3.8, 4) is 0 Å². The van der Waals surface area contributed by atoms with Crippen LogP contribution in [0.15, 0.2) is 0 Å². The monoisotopic (exact) mass is 228 g/mol. The highest BCUT2D eigenvalue weighted by Gasteiger charge is 2.65. The maximum Gasteiger partial charge on any atom is 0.456 e. The van der Waals surface area contributed by atoms with E-state index in [9.17, 15) is 30.7 Å². The minimum Gasteiger partial charge on any atom is -0.372 e. The first-order valence-electron chi connectivity index (χ1n) is 3.35. The number of alkyl halides is 7. The van der Waals surface area contributed by atoms with Crippen molar-refractivity contribution >= 4 is 0 Å². The van der Waals surface area contributed by atoms with Crippen molar-refractivity contribution in [2.24, 2.45) is 0 Å². The van der Waals surface area contributed by atoms with Crippen LogP contribution in [0, 0.1) is 0 Å². The summed E-state index contributed by atoms with van der Waals surface area (Å²) in [5.74, 6) is -5.41. The minimum atomic E-state index is -5.97. The molecule has 2 atom stereocenters.